The largest absolute Gasteiger partial charge is 0.398 e. The molecule has 0 unspecified atom stereocenters. The van der Waals surface area contributed by atoms with E-state index in [-0.39, 0.29) is 10.6 Å². The standard InChI is InChI=1S/C11H15N3O2S/c1-3-14(4-2)17(15,16)11-6-5-9(8-12)7-10(11)13/h5-7H,3-4,13H2,1-2H3. The lowest BCUT2D eigenvalue weighted by atomic mass is 10.2. The highest BCUT2D eigenvalue weighted by molar-refractivity contribution is 7.89. The maximum Gasteiger partial charge on any atom is 0.245 e. The highest BCUT2D eigenvalue weighted by Crippen LogP contribution is 2.23. The van der Waals surface area contributed by atoms with Gasteiger partial charge >= 0.3 is 0 Å². The van der Waals surface area contributed by atoms with Crippen LogP contribution in [0.3, 0.4) is 0 Å². The molecule has 17 heavy (non-hydrogen) atoms. The van der Waals surface area contributed by atoms with E-state index in [9.17, 15) is 8.42 Å². The van der Waals surface area contributed by atoms with Crippen molar-refractivity contribution in [3.8, 4) is 6.07 Å². The Morgan fingerprint density at radius 3 is 2.35 bits per heavy atom. The van der Waals surface area contributed by atoms with Crippen LogP contribution in [0.4, 0.5) is 5.69 Å². The fourth-order valence-electron chi connectivity index (χ4n) is 1.56. The lowest BCUT2D eigenvalue weighted by Crippen LogP contribution is -2.31. The Bertz CT molecular complexity index is 542. The van der Waals surface area contributed by atoms with Gasteiger partial charge in [0.05, 0.1) is 17.3 Å². The van der Waals surface area contributed by atoms with Crippen LogP contribution in [0, 0.1) is 11.3 Å². The molecular formula is C11H15N3O2S. The second-order valence-corrected chi connectivity index (χ2v) is 5.36. The first-order valence-electron chi connectivity index (χ1n) is 5.27. The van der Waals surface area contributed by atoms with Crippen molar-refractivity contribution in [2.75, 3.05) is 18.8 Å². The van der Waals surface area contributed by atoms with Crippen LogP contribution >= 0.6 is 0 Å². The monoisotopic (exact) mass is 253 g/mol. The van der Waals surface area contributed by atoms with Crippen LogP contribution in [0.1, 0.15) is 19.4 Å². The normalized spacial score (nSPS) is 11.4. The van der Waals surface area contributed by atoms with Crippen molar-refractivity contribution in [3.05, 3.63) is 23.8 Å². The third-order valence-corrected chi connectivity index (χ3v) is 4.59. The summed E-state index contributed by atoms with van der Waals surface area (Å²) in [7, 11) is -3.56. The first-order chi connectivity index (χ1) is 7.97. The van der Waals surface area contributed by atoms with Crippen LogP contribution in [-0.2, 0) is 10.0 Å². The highest BCUT2D eigenvalue weighted by atomic mass is 32.2. The minimum Gasteiger partial charge on any atom is -0.398 e. The fourth-order valence-corrected chi connectivity index (χ4v) is 3.11. The molecule has 0 saturated carbocycles. The molecule has 0 bridgehead atoms. The number of benzene rings is 1. The Morgan fingerprint density at radius 2 is 1.94 bits per heavy atom. The molecule has 0 saturated heterocycles. The molecule has 1 rings (SSSR count). The van der Waals surface area contributed by atoms with Crippen molar-refractivity contribution in [3.63, 3.8) is 0 Å². The molecule has 0 atom stereocenters. The third kappa shape index (κ3) is 2.57. The molecule has 0 aliphatic rings. The van der Waals surface area contributed by atoms with E-state index >= 15 is 0 Å². The Labute approximate surface area is 102 Å². The van der Waals surface area contributed by atoms with Gasteiger partial charge in [0, 0.05) is 13.1 Å². The quantitative estimate of drug-likeness (QED) is 0.816. The summed E-state index contributed by atoms with van der Waals surface area (Å²) in [6.45, 7) is 4.30. The van der Waals surface area contributed by atoms with Crippen molar-refractivity contribution >= 4 is 15.7 Å². The lowest BCUT2D eigenvalue weighted by Gasteiger charge is -2.19. The van der Waals surface area contributed by atoms with Gasteiger partial charge in [-0.15, -0.1) is 0 Å². The molecule has 1 aromatic rings. The molecule has 0 aliphatic carbocycles. The number of hydrogen-bond donors (Lipinski definition) is 1. The number of nitriles is 1. The minimum absolute atomic E-state index is 0.0557. The molecule has 1 aromatic carbocycles. The van der Waals surface area contributed by atoms with Gasteiger partial charge in [-0.3, -0.25) is 0 Å². The highest BCUT2D eigenvalue weighted by Gasteiger charge is 2.23. The zero-order valence-corrected chi connectivity index (χ0v) is 10.7. The van der Waals surface area contributed by atoms with E-state index in [4.69, 9.17) is 11.0 Å². The number of hydrogen-bond acceptors (Lipinski definition) is 4. The molecule has 2 N–H and O–H groups in total. The van der Waals surface area contributed by atoms with E-state index in [0.717, 1.165) is 0 Å². The number of anilines is 1. The molecule has 92 valence electrons. The second kappa shape index (κ2) is 5.17. The van der Waals surface area contributed by atoms with Crippen molar-refractivity contribution in [2.45, 2.75) is 18.7 Å². The summed E-state index contributed by atoms with van der Waals surface area (Å²) in [4.78, 5) is 0.0557. The SMILES string of the molecule is CCN(CC)S(=O)(=O)c1ccc(C#N)cc1N. The van der Waals surface area contributed by atoms with E-state index in [1.165, 1.54) is 22.5 Å². The molecule has 0 fully saturated rings. The topological polar surface area (TPSA) is 87.2 Å². The Kier molecular flexibility index (Phi) is 4.10. The smallest absolute Gasteiger partial charge is 0.245 e. The average Bonchev–Trinajstić information content (AvgIpc) is 2.29. The summed E-state index contributed by atoms with van der Waals surface area (Å²) < 4.78 is 25.7. The zero-order chi connectivity index (χ0) is 13.1. The van der Waals surface area contributed by atoms with Gasteiger partial charge in [-0.05, 0) is 18.2 Å². The Morgan fingerprint density at radius 1 is 1.35 bits per heavy atom. The summed E-state index contributed by atoms with van der Waals surface area (Å²) in [5.41, 5.74) is 6.13. The average molecular weight is 253 g/mol. The van der Waals surface area contributed by atoms with Gasteiger partial charge in [0.15, 0.2) is 0 Å². The van der Waals surface area contributed by atoms with Crippen LogP contribution in [0.2, 0.25) is 0 Å². The van der Waals surface area contributed by atoms with Crippen molar-refractivity contribution in [1.29, 1.82) is 5.26 Å². The van der Waals surface area contributed by atoms with Gasteiger partial charge in [-0.2, -0.15) is 9.57 Å². The summed E-state index contributed by atoms with van der Waals surface area (Å²) >= 11 is 0. The summed E-state index contributed by atoms with van der Waals surface area (Å²) in [5, 5.41) is 8.69. The van der Waals surface area contributed by atoms with Gasteiger partial charge in [-0.25, -0.2) is 8.42 Å². The first kappa shape index (κ1) is 13.5. The van der Waals surface area contributed by atoms with E-state index in [1.807, 2.05) is 6.07 Å². The summed E-state index contributed by atoms with van der Waals surface area (Å²) in [6, 6.07) is 6.11. The fraction of sp³-hybridized carbons (Fsp3) is 0.364. The Balaban J connectivity index is 3.30. The number of nitrogen functional groups attached to an aromatic ring is 1. The number of nitrogens with two attached hydrogens (primary N) is 1. The predicted molar refractivity (Wildman–Crippen MR) is 65.7 cm³/mol. The lowest BCUT2D eigenvalue weighted by molar-refractivity contribution is 0.445. The van der Waals surface area contributed by atoms with Crippen LogP contribution in [-0.4, -0.2) is 25.8 Å². The first-order valence-corrected chi connectivity index (χ1v) is 6.71. The molecule has 0 heterocycles. The van der Waals surface area contributed by atoms with Crippen LogP contribution < -0.4 is 5.73 Å². The van der Waals surface area contributed by atoms with Gasteiger partial charge in [0.2, 0.25) is 10.0 Å². The molecule has 0 aromatic heterocycles. The second-order valence-electron chi connectivity index (χ2n) is 3.45. The zero-order valence-electron chi connectivity index (χ0n) is 9.84. The molecular weight excluding hydrogens is 238 g/mol. The van der Waals surface area contributed by atoms with E-state index in [1.54, 1.807) is 13.8 Å². The van der Waals surface area contributed by atoms with Gasteiger partial charge < -0.3 is 5.73 Å². The molecule has 0 amide bonds. The van der Waals surface area contributed by atoms with E-state index in [2.05, 4.69) is 0 Å². The van der Waals surface area contributed by atoms with Gasteiger partial charge in [-0.1, -0.05) is 13.8 Å². The number of sulfonamides is 1. The van der Waals surface area contributed by atoms with Crippen molar-refractivity contribution in [2.24, 2.45) is 0 Å². The van der Waals surface area contributed by atoms with Crippen molar-refractivity contribution < 1.29 is 8.42 Å². The summed E-state index contributed by atoms with van der Waals surface area (Å²) in [6.07, 6.45) is 0. The number of rotatable bonds is 4. The van der Waals surface area contributed by atoms with E-state index < -0.39 is 10.0 Å². The van der Waals surface area contributed by atoms with Crippen LogP contribution in [0.25, 0.3) is 0 Å². The predicted octanol–water partition coefficient (Wildman–Crippen LogP) is 1.17. The van der Waals surface area contributed by atoms with E-state index in [0.29, 0.717) is 18.7 Å². The number of nitrogens with zero attached hydrogens (tertiary/aromatic N) is 2. The van der Waals surface area contributed by atoms with Gasteiger partial charge in [0.25, 0.3) is 0 Å². The summed E-state index contributed by atoms with van der Waals surface area (Å²) in [5.74, 6) is 0. The van der Waals surface area contributed by atoms with Crippen LogP contribution in [0.15, 0.2) is 23.1 Å². The molecule has 0 aliphatic heterocycles. The third-order valence-electron chi connectivity index (χ3n) is 2.46. The van der Waals surface area contributed by atoms with Gasteiger partial charge in [0.1, 0.15) is 4.90 Å². The minimum atomic E-state index is -3.56. The molecule has 5 nitrogen and oxygen atoms in total. The van der Waals surface area contributed by atoms with Crippen molar-refractivity contribution in [1.82, 2.24) is 4.31 Å². The molecule has 6 heteroatoms. The maximum atomic E-state index is 12.2. The van der Waals surface area contributed by atoms with Crippen LogP contribution in [0.5, 0.6) is 0 Å². The molecule has 0 spiro atoms. The molecule has 0 radical (unpaired) electrons. The maximum absolute atomic E-state index is 12.2. The Hall–Kier alpha value is -1.58.